The topological polar surface area (TPSA) is 48.4 Å². The number of hydrogen-bond acceptors (Lipinski definition) is 3. The molecule has 0 saturated heterocycles. The van der Waals surface area contributed by atoms with Gasteiger partial charge in [-0.2, -0.15) is 0 Å². The van der Waals surface area contributed by atoms with Gasteiger partial charge in [0.2, 0.25) is 0 Å². The number of hydrogen-bond donors (Lipinski definition) is 1. The molecule has 1 aromatic heterocycles. The molecule has 18 heavy (non-hydrogen) atoms. The lowest BCUT2D eigenvalue weighted by molar-refractivity contribution is 0.408. The zero-order chi connectivity index (χ0) is 12.9. The second-order valence-electron chi connectivity index (χ2n) is 5.05. The number of fused-ring (bicyclic) bond motifs is 1. The lowest BCUT2D eigenvalue weighted by atomic mass is 9.88. The molecule has 1 aliphatic rings. The lowest BCUT2D eigenvalue weighted by Gasteiger charge is -2.22. The molecule has 3 rings (SSSR count). The molecule has 1 atom stereocenters. The van der Waals surface area contributed by atoms with Crippen LogP contribution in [0.15, 0.2) is 27.3 Å². The molecule has 1 aliphatic carbocycles. The van der Waals surface area contributed by atoms with Crippen LogP contribution in [0.1, 0.15) is 25.3 Å². The van der Waals surface area contributed by atoms with E-state index in [-0.39, 0.29) is 11.5 Å². The van der Waals surface area contributed by atoms with E-state index in [1.807, 2.05) is 6.07 Å². The van der Waals surface area contributed by atoms with Gasteiger partial charge in [-0.25, -0.2) is 0 Å². The van der Waals surface area contributed by atoms with Crippen LogP contribution in [0.2, 0.25) is 0 Å². The summed E-state index contributed by atoms with van der Waals surface area (Å²) in [5.74, 6) is 0.778. The van der Waals surface area contributed by atoms with Crippen molar-refractivity contribution in [2.75, 3.05) is 7.11 Å². The Labute approximate surface area is 114 Å². The predicted molar refractivity (Wildman–Crippen MR) is 75.0 cm³/mol. The molecule has 1 unspecified atom stereocenters. The highest BCUT2D eigenvalue weighted by Gasteiger charge is 2.49. The van der Waals surface area contributed by atoms with Crippen molar-refractivity contribution in [2.45, 2.75) is 31.2 Å². The summed E-state index contributed by atoms with van der Waals surface area (Å²) < 4.78 is 12.0. The summed E-state index contributed by atoms with van der Waals surface area (Å²) in [6, 6.07) is 4.16. The molecular weight excluding hydrogens is 294 g/mol. The molecule has 2 N–H and O–H groups in total. The van der Waals surface area contributed by atoms with Gasteiger partial charge in [-0.1, -0.05) is 0 Å². The second kappa shape index (κ2) is 4.00. The van der Waals surface area contributed by atoms with Crippen molar-refractivity contribution < 1.29 is 9.15 Å². The first-order valence-electron chi connectivity index (χ1n) is 6.10. The Morgan fingerprint density at radius 3 is 2.78 bits per heavy atom. The molecule has 0 amide bonds. The average Bonchev–Trinajstić information content (AvgIpc) is 3.00. The highest BCUT2D eigenvalue weighted by Crippen LogP contribution is 2.54. The van der Waals surface area contributed by atoms with Crippen molar-refractivity contribution in [1.82, 2.24) is 0 Å². The molecule has 1 heterocycles. The smallest absolute Gasteiger partial charge is 0.176 e. The maximum Gasteiger partial charge on any atom is 0.176 e. The van der Waals surface area contributed by atoms with Crippen LogP contribution in [0, 0.1) is 0 Å². The molecule has 0 spiro atoms. The molecule has 2 aromatic rings. The standard InChI is InChI=1S/C14H16BrNO2/c1-8(16)14(4-5-14)10-7-11(17-2)13-9(12(10)15)3-6-18-13/h3,6-8H,4-5,16H2,1-2H3. The van der Waals surface area contributed by atoms with E-state index in [1.165, 1.54) is 5.56 Å². The maximum atomic E-state index is 6.16. The van der Waals surface area contributed by atoms with Crippen LogP contribution < -0.4 is 10.5 Å². The molecule has 1 fully saturated rings. The van der Waals surface area contributed by atoms with Gasteiger partial charge < -0.3 is 14.9 Å². The molecule has 3 nitrogen and oxygen atoms in total. The van der Waals surface area contributed by atoms with Gasteiger partial charge in [-0.3, -0.25) is 0 Å². The molecule has 1 aromatic carbocycles. The number of halogens is 1. The van der Waals surface area contributed by atoms with Gasteiger partial charge in [-0.05, 0) is 53.4 Å². The first-order chi connectivity index (χ1) is 8.60. The van der Waals surface area contributed by atoms with E-state index in [0.717, 1.165) is 34.0 Å². The summed E-state index contributed by atoms with van der Waals surface area (Å²) in [5.41, 5.74) is 8.28. The highest BCUT2D eigenvalue weighted by molar-refractivity contribution is 9.10. The molecular formula is C14H16BrNO2. The fraction of sp³-hybridized carbons (Fsp3) is 0.429. The number of rotatable bonds is 3. The Hall–Kier alpha value is -1.00. The third kappa shape index (κ3) is 1.52. The summed E-state index contributed by atoms with van der Waals surface area (Å²) in [6.07, 6.45) is 3.96. The third-order valence-corrected chi connectivity index (χ3v) is 4.91. The van der Waals surface area contributed by atoms with Crippen LogP contribution >= 0.6 is 15.9 Å². The maximum absolute atomic E-state index is 6.16. The summed E-state index contributed by atoms with van der Waals surface area (Å²) >= 11 is 3.70. The monoisotopic (exact) mass is 309 g/mol. The van der Waals surface area contributed by atoms with Crippen molar-refractivity contribution in [1.29, 1.82) is 0 Å². The van der Waals surface area contributed by atoms with Crippen LogP contribution in [0.3, 0.4) is 0 Å². The quantitative estimate of drug-likeness (QED) is 0.942. The first kappa shape index (κ1) is 12.1. The zero-order valence-electron chi connectivity index (χ0n) is 10.5. The minimum absolute atomic E-state index is 0.0948. The number of nitrogens with two attached hydrogens (primary N) is 1. The minimum atomic E-state index is 0.0948. The molecule has 96 valence electrons. The Balaban J connectivity index is 2.27. The fourth-order valence-corrected chi connectivity index (χ4v) is 3.52. The summed E-state index contributed by atoms with van der Waals surface area (Å²) in [4.78, 5) is 0. The van der Waals surface area contributed by atoms with Crippen molar-refractivity contribution in [3.8, 4) is 5.75 Å². The minimum Gasteiger partial charge on any atom is -0.493 e. The summed E-state index contributed by atoms with van der Waals surface area (Å²) in [5, 5.41) is 1.05. The van der Waals surface area contributed by atoms with E-state index in [9.17, 15) is 0 Å². The van der Waals surface area contributed by atoms with Crippen molar-refractivity contribution in [3.05, 3.63) is 28.4 Å². The van der Waals surface area contributed by atoms with E-state index < -0.39 is 0 Å². The van der Waals surface area contributed by atoms with Crippen LogP contribution in [0.25, 0.3) is 11.0 Å². The van der Waals surface area contributed by atoms with Gasteiger partial charge in [0.05, 0.1) is 13.4 Å². The van der Waals surface area contributed by atoms with E-state index >= 15 is 0 Å². The molecule has 0 bridgehead atoms. The Kier molecular flexibility index (Phi) is 2.68. The van der Waals surface area contributed by atoms with Gasteiger partial charge in [-0.15, -0.1) is 0 Å². The van der Waals surface area contributed by atoms with Crippen LogP contribution in [0.5, 0.6) is 5.75 Å². The molecule has 1 saturated carbocycles. The summed E-state index contributed by atoms with van der Waals surface area (Å²) in [7, 11) is 1.67. The number of furan rings is 1. The first-order valence-corrected chi connectivity index (χ1v) is 6.89. The molecule has 4 heteroatoms. The van der Waals surface area contributed by atoms with Gasteiger partial charge in [0, 0.05) is 21.3 Å². The van der Waals surface area contributed by atoms with Crippen LogP contribution in [-0.4, -0.2) is 13.2 Å². The van der Waals surface area contributed by atoms with Crippen LogP contribution in [-0.2, 0) is 5.41 Å². The van der Waals surface area contributed by atoms with Crippen molar-refractivity contribution in [3.63, 3.8) is 0 Å². The Morgan fingerprint density at radius 2 is 2.22 bits per heavy atom. The van der Waals surface area contributed by atoms with Gasteiger partial charge in [0.25, 0.3) is 0 Å². The summed E-state index contributed by atoms with van der Waals surface area (Å²) in [6.45, 7) is 2.07. The Morgan fingerprint density at radius 1 is 1.50 bits per heavy atom. The fourth-order valence-electron chi connectivity index (χ4n) is 2.70. The van der Waals surface area contributed by atoms with Crippen LogP contribution in [0.4, 0.5) is 0 Å². The Bertz CT molecular complexity index is 599. The highest BCUT2D eigenvalue weighted by atomic mass is 79.9. The van der Waals surface area contributed by atoms with E-state index in [1.54, 1.807) is 13.4 Å². The predicted octanol–water partition coefficient (Wildman–Crippen LogP) is 3.58. The van der Waals surface area contributed by atoms with E-state index in [2.05, 4.69) is 28.9 Å². The molecule has 0 radical (unpaired) electrons. The molecule has 0 aliphatic heterocycles. The number of methoxy groups -OCH3 is 1. The normalized spacial score (nSPS) is 18.9. The lowest BCUT2D eigenvalue weighted by Crippen LogP contribution is -2.31. The van der Waals surface area contributed by atoms with E-state index in [4.69, 9.17) is 14.9 Å². The van der Waals surface area contributed by atoms with Gasteiger partial charge in [0.1, 0.15) is 0 Å². The van der Waals surface area contributed by atoms with Gasteiger partial charge >= 0.3 is 0 Å². The largest absolute Gasteiger partial charge is 0.493 e. The zero-order valence-corrected chi connectivity index (χ0v) is 12.1. The van der Waals surface area contributed by atoms with Crippen molar-refractivity contribution >= 4 is 26.9 Å². The SMILES string of the molecule is COc1cc(C2(C(C)N)CC2)c(Br)c2ccoc12. The average molecular weight is 310 g/mol. The van der Waals surface area contributed by atoms with Crippen molar-refractivity contribution in [2.24, 2.45) is 5.73 Å². The van der Waals surface area contributed by atoms with Gasteiger partial charge in [0.15, 0.2) is 11.3 Å². The van der Waals surface area contributed by atoms with E-state index in [0.29, 0.717) is 0 Å². The number of ether oxygens (including phenoxy) is 1. The number of benzene rings is 1. The second-order valence-corrected chi connectivity index (χ2v) is 5.84. The third-order valence-electron chi connectivity index (χ3n) is 4.05.